The summed E-state index contributed by atoms with van der Waals surface area (Å²) in [5.74, 6) is -6.80. The molecule has 1 N–H and O–H groups in total. The van der Waals surface area contributed by atoms with Gasteiger partial charge in [-0.2, -0.15) is 13.2 Å². The van der Waals surface area contributed by atoms with Gasteiger partial charge in [0.05, 0.1) is 5.56 Å². The number of aromatic carboxylic acids is 1. The number of carbonyl (C=O) groups is 1. The Morgan fingerprint density at radius 1 is 0.882 bits per heavy atom. The van der Waals surface area contributed by atoms with Gasteiger partial charge >= 0.3 is 18.5 Å². The fourth-order valence-electron chi connectivity index (χ4n) is 2.79. The van der Waals surface area contributed by atoms with E-state index in [-0.39, 0.29) is 18.4 Å². The third-order valence-corrected chi connectivity index (χ3v) is 4.22. The number of rotatable bonds is 7. The Hall–Kier alpha value is -3.96. The second-order valence-corrected chi connectivity index (χ2v) is 6.64. The summed E-state index contributed by atoms with van der Waals surface area (Å²) in [6.07, 6.45) is -10.2. The molecule has 3 rings (SSSR count). The SMILES string of the molecule is O=C(O)c1c(F)c(C(F)(F)F)cc(OCc2ccccc2)c1Oc1ccc(OC(F)(F)F)cc1. The van der Waals surface area contributed by atoms with Gasteiger partial charge in [-0.15, -0.1) is 13.2 Å². The van der Waals surface area contributed by atoms with Gasteiger partial charge in [0.25, 0.3) is 0 Å². The van der Waals surface area contributed by atoms with Crippen LogP contribution in [0.4, 0.5) is 30.7 Å². The van der Waals surface area contributed by atoms with Crippen LogP contribution < -0.4 is 14.2 Å². The van der Waals surface area contributed by atoms with Crippen LogP contribution in [0.15, 0.2) is 60.7 Å². The van der Waals surface area contributed by atoms with E-state index >= 15 is 0 Å². The number of carboxylic acids is 1. The van der Waals surface area contributed by atoms with Crippen LogP contribution in [-0.2, 0) is 12.8 Å². The molecule has 0 fully saturated rings. The Morgan fingerprint density at radius 2 is 1.47 bits per heavy atom. The van der Waals surface area contributed by atoms with E-state index in [0.29, 0.717) is 5.56 Å². The molecule has 0 atom stereocenters. The van der Waals surface area contributed by atoms with Crippen molar-refractivity contribution in [3.63, 3.8) is 0 Å². The van der Waals surface area contributed by atoms with Crippen molar-refractivity contribution in [2.24, 2.45) is 0 Å². The molecule has 12 heteroatoms. The van der Waals surface area contributed by atoms with Crippen LogP contribution in [0.1, 0.15) is 21.5 Å². The summed E-state index contributed by atoms with van der Waals surface area (Å²) in [5, 5.41) is 9.41. The van der Waals surface area contributed by atoms with Crippen LogP contribution in [0.3, 0.4) is 0 Å². The third kappa shape index (κ3) is 6.09. The van der Waals surface area contributed by atoms with Crippen LogP contribution in [0.25, 0.3) is 0 Å². The highest BCUT2D eigenvalue weighted by atomic mass is 19.4. The van der Waals surface area contributed by atoms with Crippen molar-refractivity contribution in [2.75, 3.05) is 0 Å². The summed E-state index contributed by atoms with van der Waals surface area (Å²) in [6.45, 7) is -0.322. The standard InChI is InChI=1S/C22H13F7O5/c23-18-15(21(24,25)26)10-16(32-11-12-4-2-1-3-5-12)19(17(18)20(30)31)33-13-6-8-14(9-7-13)34-22(27,28)29/h1-10H,11H2,(H,30,31). The number of hydrogen-bond donors (Lipinski definition) is 1. The van der Waals surface area contributed by atoms with E-state index in [9.17, 15) is 40.6 Å². The maximum Gasteiger partial charge on any atom is 0.573 e. The molecule has 0 amide bonds. The Labute approximate surface area is 186 Å². The van der Waals surface area contributed by atoms with E-state index < -0.39 is 52.7 Å². The van der Waals surface area contributed by atoms with Gasteiger partial charge < -0.3 is 19.3 Å². The van der Waals surface area contributed by atoms with Crippen LogP contribution in [0.5, 0.6) is 23.0 Å². The smallest absolute Gasteiger partial charge is 0.485 e. The number of benzene rings is 3. The molecule has 0 heterocycles. The molecule has 3 aromatic rings. The van der Waals surface area contributed by atoms with E-state index in [0.717, 1.165) is 24.3 Å². The summed E-state index contributed by atoms with van der Waals surface area (Å²) >= 11 is 0. The van der Waals surface area contributed by atoms with Gasteiger partial charge in [-0.1, -0.05) is 30.3 Å². The van der Waals surface area contributed by atoms with Gasteiger partial charge in [-0.3, -0.25) is 0 Å². The molecule has 0 saturated heterocycles. The Morgan fingerprint density at radius 3 is 2.00 bits per heavy atom. The molecule has 0 bridgehead atoms. The second-order valence-electron chi connectivity index (χ2n) is 6.64. The molecule has 0 spiro atoms. The highest BCUT2D eigenvalue weighted by Crippen LogP contribution is 2.44. The van der Waals surface area contributed by atoms with Crippen molar-refractivity contribution < 1.29 is 54.8 Å². The highest BCUT2D eigenvalue weighted by Gasteiger charge is 2.39. The zero-order valence-corrected chi connectivity index (χ0v) is 16.7. The number of halogens is 7. The predicted molar refractivity (Wildman–Crippen MR) is 102 cm³/mol. The molecule has 0 radical (unpaired) electrons. The number of carboxylic acid groups (broad SMARTS) is 1. The molecule has 180 valence electrons. The summed E-state index contributed by atoms with van der Waals surface area (Å²) in [6, 6.07) is 11.8. The largest absolute Gasteiger partial charge is 0.573 e. The lowest BCUT2D eigenvalue weighted by Crippen LogP contribution is -2.17. The molecular weight excluding hydrogens is 477 g/mol. The lowest BCUT2D eigenvalue weighted by Gasteiger charge is -2.19. The number of alkyl halides is 6. The molecule has 0 unspecified atom stereocenters. The topological polar surface area (TPSA) is 65.0 Å². The van der Waals surface area contributed by atoms with Crippen molar-refractivity contribution in [1.29, 1.82) is 0 Å². The van der Waals surface area contributed by atoms with Crippen molar-refractivity contribution in [1.82, 2.24) is 0 Å². The molecule has 0 saturated carbocycles. The fraction of sp³-hybridized carbons (Fsp3) is 0.136. The van der Waals surface area contributed by atoms with Gasteiger partial charge in [0.2, 0.25) is 0 Å². The van der Waals surface area contributed by atoms with Crippen molar-refractivity contribution in [2.45, 2.75) is 19.1 Å². The maximum absolute atomic E-state index is 14.6. The minimum Gasteiger partial charge on any atom is -0.485 e. The van der Waals surface area contributed by atoms with Crippen LogP contribution >= 0.6 is 0 Å². The fourth-order valence-corrected chi connectivity index (χ4v) is 2.79. The summed E-state index contributed by atoms with van der Waals surface area (Å²) in [5.41, 5.74) is -2.86. The van der Waals surface area contributed by atoms with Gasteiger partial charge in [-0.25, -0.2) is 9.18 Å². The normalized spacial score (nSPS) is 11.7. The first-order chi connectivity index (χ1) is 15.8. The van der Waals surface area contributed by atoms with Gasteiger partial charge in [0.15, 0.2) is 17.3 Å². The maximum atomic E-state index is 14.6. The zero-order valence-electron chi connectivity index (χ0n) is 16.7. The summed E-state index contributed by atoms with van der Waals surface area (Å²) in [4.78, 5) is 11.7. The molecule has 0 aliphatic rings. The Balaban J connectivity index is 2.05. The van der Waals surface area contributed by atoms with Crippen molar-refractivity contribution in [3.8, 4) is 23.0 Å². The van der Waals surface area contributed by atoms with Crippen LogP contribution in [0, 0.1) is 5.82 Å². The average molecular weight is 490 g/mol. The van der Waals surface area contributed by atoms with Crippen LogP contribution in [-0.4, -0.2) is 17.4 Å². The monoisotopic (exact) mass is 490 g/mol. The summed E-state index contributed by atoms with van der Waals surface area (Å²) in [7, 11) is 0. The first-order valence-corrected chi connectivity index (χ1v) is 9.22. The summed E-state index contributed by atoms with van der Waals surface area (Å²) < 4.78 is 106. The van der Waals surface area contributed by atoms with Gasteiger partial charge in [0, 0.05) is 0 Å². The minimum atomic E-state index is -5.26. The Kier molecular flexibility index (Phi) is 6.89. The van der Waals surface area contributed by atoms with Crippen molar-refractivity contribution in [3.05, 3.63) is 83.2 Å². The molecule has 5 nitrogen and oxygen atoms in total. The third-order valence-electron chi connectivity index (χ3n) is 4.22. The van der Waals surface area contributed by atoms with Gasteiger partial charge in [0.1, 0.15) is 23.7 Å². The lowest BCUT2D eigenvalue weighted by atomic mass is 10.1. The van der Waals surface area contributed by atoms with Crippen molar-refractivity contribution >= 4 is 5.97 Å². The average Bonchev–Trinajstić information content (AvgIpc) is 2.73. The van der Waals surface area contributed by atoms with E-state index in [1.807, 2.05) is 0 Å². The predicted octanol–water partition coefficient (Wildman–Crippen LogP) is 6.81. The molecule has 0 aliphatic carbocycles. The van der Waals surface area contributed by atoms with E-state index in [1.54, 1.807) is 30.3 Å². The minimum absolute atomic E-state index is 0.251. The first kappa shape index (κ1) is 24.7. The molecule has 34 heavy (non-hydrogen) atoms. The number of hydrogen-bond acceptors (Lipinski definition) is 4. The molecule has 3 aromatic carbocycles. The second kappa shape index (κ2) is 9.49. The molecule has 0 aromatic heterocycles. The van der Waals surface area contributed by atoms with E-state index in [1.165, 1.54) is 0 Å². The molecular formula is C22H13F7O5. The lowest BCUT2D eigenvalue weighted by molar-refractivity contribution is -0.274. The first-order valence-electron chi connectivity index (χ1n) is 9.22. The Bertz CT molecular complexity index is 1160. The van der Waals surface area contributed by atoms with Crippen LogP contribution in [0.2, 0.25) is 0 Å². The van der Waals surface area contributed by atoms with Gasteiger partial charge in [-0.05, 0) is 35.9 Å². The van der Waals surface area contributed by atoms with E-state index in [2.05, 4.69) is 4.74 Å². The number of ether oxygens (including phenoxy) is 3. The quantitative estimate of drug-likeness (QED) is 0.369. The zero-order chi connectivity index (χ0) is 25.1. The highest BCUT2D eigenvalue weighted by molar-refractivity contribution is 5.93. The molecule has 0 aliphatic heterocycles. The van der Waals surface area contributed by atoms with E-state index in [4.69, 9.17) is 9.47 Å².